The molecule has 1 aromatic carbocycles. The molecule has 0 N–H and O–H groups in total. The van der Waals surface area contributed by atoms with E-state index in [1.54, 1.807) is 12.1 Å². The number of aryl methyl sites for hydroxylation is 1. The smallest absolute Gasteiger partial charge is 0.227 e. The first-order valence-electron chi connectivity index (χ1n) is 8.99. The summed E-state index contributed by atoms with van der Waals surface area (Å²) in [6, 6.07) is 9.42. The third kappa shape index (κ3) is 2.90. The molecule has 4 rings (SSSR count). The van der Waals surface area contributed by atoms with E-state index >= 15 is 0 Å². The van der Waals surface area contributed by atoms with Gasteiger partial charge in [0.25, 0.3) is 0 Å². The van der Waals surface area contributed by atoms with Crippen LogP contribution in [0.3, 0.4) is 0 Å². The molecule has 26 heavy (non-hydrogen) atoms. The lowest BCUT2D eigenvalue weighted by Crippen LogP contribution is -2.31. The number of nitriles is 1. The van der Waals surface area contributed by atoms with Gasteiger partial charge in [-0.3, -0.25) is 4.79 Å². The van der Waals surface area contributed by atoms with Crippen molar-refractivity contribution in [1.29, 1.82) is 5.26 Å². The number of carbonyl (C=O) groups is 1. The van der Waals surface area contributed by atoms with Gasteiger partial charge in [-0.25, -0.2) is 9.97 Å². The van der Waals surface area contributed by atoms with E-state index in [0.29, 0.717) is 18.5 Å². The number of benzene rings is 1. The van der Waals surface area contributed by atoms with Gasteiger partial charge < -0.3 is 9.80 Å². The normalized spacial score (nSPS) is 22.2. The van der Waals surface area contributed by atoms with Crippen molar-refractivity contribution in [2.75, 3.05) is 29.4 Å². The van der Waals surface area contributed by atoms with Crippen molar-refractivity contribution >= 4 is 17.5 Å². The Morgan fingerprint density at radius 1 is 1.27 bits per heavy atom. The SMILES string of the molecule is CCc1cnc(N2CC[C@@]3(CC(=O)N(c4cccc(C#N)c4)C3)C2)nc1. The van der Waals surface area contributed by atoms with Gasteiger partial charge in [-0.1, -0.05) is 13.0 Å². The second-order valence-electron chi connectivity index (χ2n) is 7.24. The highest BCUT2D eigenvalue weighted by atomic mass is 16.2. The summed E-state index contributed by atoms with van der Waals surface area (Å²) in [5.41, 5.74) is 2.45. The van der Waals surface area contributed by atoms with Gasteiger partial charge in [0, 0.05) is 49.6 Å². The highest BCUT2D eigenvalue weighted by molar-refractivity contribution is 5.96. The average molecular weight is 347 g/mol. The molecule has 0 radical (unpaired) electrons. The van der Waals surface area contributed by atoms with Crippen LogP contribution in [0.4, 0.5) is 11.6 Å². The van der Waals surface area contributed by atoms with Gasteiger partial charge in [-0.05, 0) is 36.6 Å². The second kappa shape index (κ2) is 6.41. The Labute approximate surface area is 153 Å². The van der Waals surface area contributed by atoms with Crippen molar-refractivity contribution in [2.45, 2.75) is 26.2 Å². The number of hydrogen-bond acceptors (Lipinski definition) is 5. The fourth-order valence-electron chi connectivity index (χ4n) is 3.95. The Morgan fingerprint density at radius 3 is 2.81 bits per heavy atom. The van der Waals surface area contributed by atoms with Crippen LogP contribution in [0, 0.1) is 16.7 Å². The largest absolute Gasteiger partial charge is 0.340 e. The van der Waals surface area contributed by atoms with Crippen molar-refractivity contribution < 1.29 is 4.79 Å². The van der Waals surface area contributed by atoms with Crippen molar-refractivity contribution in [2.24, 2.45) is 5.41 Å². The van der Waals surface area contributed by atoms with E-state index < -0.39 is 0 Å². The number of carbonyl (C=O) groups excluding carboxylic acids is 1. The summed E-state index contributed by atoms with van der Waals surface area (Å²) in [5.74, 6) is 0.876. The Kier molecular flexibility index (Phi) is 4.08. The topological polar surface area (TPSA) is 73.1 Å². The predicted octanol–water partition coefficient (Wildman–Crippen LogP) is 2.54. The first kappa shape index (κ1) is 16.5. The molecule has 0 saturated carbocycles. The molecular formula is C20H21N5O. The van der Waals surface area contributed by atoms with Gasteiger partial charge in [-0.2, -0.15) is 5.26 Å². The minimum absolute atomic E-state index is 0.0630. The molecule has 6 heteroatoms. The van der Waals surface area contributed by atoms with E-state index in [0.717, 1.165) is 43.1 Å². The highest BCUT2D eigenvalue weighted by Gasteiger charge is 2.48. The minimum atomic E-state index is -0.0630. The quantitative estimate of drug-likeness (QED) is 0.853. The van der Waals surface area contributed by atoms with E-state index in [2.05, 4.69) is 27.9 Å². The number of aromatic nitrogens is 2. The summed E-state index contributed by atoms with van der Waals surface area (Å²) in [6.07, 6.45) is 6.18. The van der Waals surface area contributed by atoms with Gasteiger partial charge in [-0.15, -0.1) is 0 Å². The van der Waals surface area contributed by atoms with Crippen molar-refractivity contribution in [3.05, 3.63) is 47.8 Å². The summed E-state index contributed by atoms with van der Waals surface area (Å²) in [4.78, 5) is 25.6. The molecule has 2 fully saturated rings. The third-order valence-electron chi connectivity index (χ3n) is 5.43. The molecule has 1 spiro atoms. The zero-order valence-corrected chi connectivity index (χ0v) is 14.9. The summed E-state index contributed by atoms with van der Waals surface area (Å²) in [7, 11) is 0. The van der Waals surface area contributed by atoms with Gasteiger partial charge in [0.05, 0.1) is 11.6 Å². The number of nitrogens with zero attached hydrogens (tertiary/aromatic N) is 5. The summed E-state index contributed by atoms with van der Waals surface area (Å²) in [5, 5.41) is 9.10. The second-order valence-corrected chi connectivity index (χ2v) is 7.24. The van der Waals surface area contributed by atoms with Crippen LogP contribution >= 0.6 is 0 Å². The van der Waals surface area contributed by atoms with Gasteiger partial charge in [0.1, 0.15) is 0 Å². The van der Waals surface area contributed by atoms with Gasteiger partial charge >= 0.3 is 0 Å². The Morgan fingerprint density at radius 2 is 2.08 bits per heavy atom. The standard InChI is InChI=1S/C20H21N5O/c1-2-15-11-22-19(23-12-15)24-7-6-20(13-24)9-18(26)25(14-20)17-5-3-4-16(8-17)10-21/h3-5,8,11-12H,2,6-7,9,13-14H2,1H3/t20-/m1/s1. The Hall–Kier alpha value is -2.94. The molecule has 1 aromatic heterocycles. The number of amides is 1. The van der Waals surface area contributed by atoms with Crippen LogP contribution in [-0.4, -0.2) is 35.5 Å². The zero-order valence-electron chi connectivity index (χ0n) is 14.9. The molecule has 132 valence electrons. The third-order valence-corrected chi connectivity index (χ3v) is 5.43. The summed E-state index contributed by atoms with van der Waals surface area (Å²) < 4.78 is 0. The molecule has 2 saturated heterocycles. The summed E-state index contributed by atoms with van der Waals surface area (Å²) in [6.45, 7) is 4.43. The number of hydrogen-bond donors (Lipinski definition) is 0. The van der Waals surface area contributed by atoms with Crippen LogP contribution in [-0.2, 0) is 11.2 Å². The fraction of sp³-hybridized carbons (Fsp3) is 0.400. The average Bonchev–Trinajstić information content (AvgIpc) is 3.24. The van der Waals surface area contributed by atoms with E-state index in [4.69, 9.17) is 5.26 Å². The molecule has 2 aromatic rings. The van der Waals surface area contributed by atoms with Crippen LogP contribution in [0.2, 0.25) is 0 Å². The summed E-state index contributed by atoms with van der Waals surface area (Å²) >= 11 is 0. The van der Waals surface area contributed by atoms with Crippen molar-refractivity contribution in [3.63, 3.8) is 0 Å². The first-order valence-corrected chi connectivity index (χ1v) is 8.99. The van der Waals surface area contributed by atoms with Crippen molar-refractivity contribution in [3.8, 4) is 6.07 Å². The molecular weight excluding hydrogens is 326 g/mol. The molecule has 0 unspecified atom stereocenters. The maximum absolute atomic E-state index is 12.7. The maximum Gasteiger partial charge on any atom is 0.227 e. The lowest BCUT2D eigenvalue weighted by Gasteiger charge is -2.24. The molecule has 1 amide bonds. The minimum Gasteiger partial charge on any atom is -0.340 e. The predicted molar refractivity (Wildman–Crippen MR) is 98.8 cm³/mol. The number of anilines is 2. The fourth-order valence-corrected chi connectivity index (χ4v) is 3.95. The van der Waals surface area contributed by atoms with E-state index in [-0.39, 0.29) is 11.3 Å². The van der Waals surface area contributed by atoms with Gasteiger partial charge in [0.2, 0.25) is 11.9 Å². The molecule has 1 atom stereocenters. The highest BCUT2D eigenvalue weighted by Crippen LogP contribution is 2.42. The maximum atomic E-state index is 12.7. The molecule has 2 aliphatic rings. The van der Waals surface area contributed by atoms with Crippen LogP contribution in [0.5, 0.6) is 0 Å². The Balaban J connectivity index is 1.51. The molecule has 0 aliphatic carbocycles. The monoisotopic (exact) mass is 347 g/mol. The van der Waals surface area contributed by atoms with Gasteiger partial charge in [0.15, 0.2) is 0 Å². The zero-order chi connectivity index (χ0) is 18.1. The van der Waals surface area contributed by atoms with Crippen LogP contribution in [0.15, 0.2) is 36.7 Å². The van der Waals surface area contributed by atoms with Crippen LogP contribution < -0.4 is 9.80 Å². The van der Waals surface area contributed by atoms with E-state index in [9.17, 15) is 4.79 Å². The van der Waals surface area contributed by atoms with Crippen LogP contribution in [0.25, 0.3) is 0 Å². The Bertz CT molecular complexity index is 873. The van der Waals surface area contributed by atoms with Crippen LogP contribution in [0.1, 0.15) is 30.9 Å². The molecule has 6 nitrogen and oxygen atoms in total. The van der Waals surface area contributed by atoms with Crippen molar-refractivity contribution in [1.82, 2.24) is 9.97 Å². The lowest BCUT2D eigenvalue weighted by molar-refractivity contribution is -0.117. The molecule has 0 bridgehead atoms. The van der Waals surface area contributed by atoms with E-state index in [1.807, 2.05) is 29.4 Å². The molecule has 3 heterocycles. The van der Waals surface area contributed by atoms with E-state index in [1.165, 1.54) is 0 Å². The molecule has 2 aliphatic heterocycles. The lowest BCUT2D eigenvalue weighted by atomic mass is 9.86. The number of rotatable bonds is 3. The first-order chi connectivity index (χ1) is 12.6.